The Morgan fingerprint density at radius 1 is 0.963 bits per heavy atom. The Morgan fingerprint density at radius 3 is 2.26 bits per heavy atom. The van der Waals surface area contributed by atoms with Crippen molar-refractivity contribution < 1.29 is 29.2 Å². The molecule has 2 aromatic rings. The topological polar surface area (TPSA) is 85.2 Å². The first kappa shape index (κ1) is 20.7. The molecule has 0 spiro atoms. The number of carbonyl (C=O) groups excluding carboxylic acids is 1. The van der Waals surface area contributed by atoms with Crippen LogP contribution < -0.4 is 4.74 Å². The molecular weight excluding hydrogens is 348 g/mol. The van der Waals surface area contributed by atoms with Crippen LogP contribution in [0.15, 0.2) is 30.3 Å². The molecule has 0 saturated heterocycles. The van der Waals surface area contributed by atoms with E-state index in [-0.39, 0.29) is 22.8 Å². The van der Waals surface area contributed by atoms with Gasteiger partial charge >= 0.3 is 0 Å². The van der Waals surface area contributed by atoms with Crippen LogP contribution in [-0.4, -0.2) is 50.0 Å². The maximum atomic E-state index is 13.1. The standard InChI is InChI=1S/C21H26O6/c1-4-16-17(9-10-27-12-11-25-2)20(19(23)13-18(16)22)21(24)14-5-7-15(26-3)8-6-14/h5-8,13,22-23H,4,9-12H2,1-3H3. The highest BCUT2D eigenvalue weighted by molar-refractivity contribution is 6.12. The van der Waals surface area contributed by atoms with E-state index in [1.54, 1.807) is 38.5 Å². The third kappa shape index (κ3) is 4.99. The van der Waals surface area contributed by atoms with Crippen molar-refractivity contribution in [3.05, 3.63) is 52.6 Å². The molecule has 6 nitrogen and oxygen atoms in total. The molecule has 0 radical (unpaired) electrons. The summed E-state index contributed by atoms with van der Waals surface area (Å²) in [6.45, 7) is 3.15. The van der Waals surface area contributed by atoms with Crippen molar-refractivity contribution in [2.45, 2.75) is 19.8 Å². The minimum atomic E-state index is -0.309. The zero-order valence-electron chi connectivity index (χ0n) is 15.9. The van der Waals surface area contributed by atoms with Gasteiger partial charge in [0, 0.05) is 18.7 Å². The van der Waals surface area contributed by atoms with E-state index in [1.807, 2.05) is 6.92 Å². The van der Waals surface area contributed by atoms with Crippen LogP contribution in [-0.2, 0) is 22.3 Å². The summed E-state index contributed by atoms with van der Waals surface area (Å²) < 4.78 is 15.6. The van der Waals surface area contributed by atoms with Gasteiger partial charge < -0.3 is 24.4 Å². The van der Waals surface area contributed by atoms with Gasteiger partial charge in [0.2, 0.25) is 0 Å². The predicted molar refractivity (Wildman–Crippen MR) is 102 cm³/mol. The van der Waals surface area contributed by atoms with Gasteiger partial charge in [-0.1, -0.05) is 6.92 Å². The van der Waals surface area contributed by atoms with E-state index in [9.17, 15) is 15.0 Å². The minimum absolute atomic E-state index is 0.0202. The number of ketones is 1. The second kappa shape index (κ2) is 9.94. The second-order valence-electron chi connectivity index (χ2n) is 6.01. The van der Waals surface area contributed by atoms with E-state index in [2.05, 4.69) is 0 Å². The average Bonchev–Trinajstić information content (AvgIpc) is 2.67. The number of aromatic hydroxyl groups is 2. The van der Waals surface area contributed by atoms with Crippen LogP contribution in [0.25, 0.3) is 0 Å². The average molecular weight is 374 g/mol. The summed E-state index contributed by atoms with van der Waals surface area (Å²) in [6.07, 6.45) is 0.925. The third-order valence-corrected chi connectivity index (χ3v) is 4.37. The highest BCUT2D eigenvalue weighted by Gasteiger charge is 2.23. The first-order valence-electron chi connectivity index (χ1n) is 8.85. The van der Waals surface area contributed by atoms with E-state index in [0.29, 0.717) is 55.1 Å². The normalized spacial score (nSPS) is 10.8. The van der Waals surface area contributed by atoms with Gasteiger partial charge in [-0.3, -0.25) is 4.79 Å². The smallest absolute Gasteiger partial charge is 0.197 e. The van der Waals surface area contributed by atoms with Crippen molar-refractivity contribution in [2.24, 2.45) is 0 Å². The summed E-state index contributed by atoms with van der Waals surface area (Å²) in [5.41, 5.74) is 1.87. The summed E-state index contributed by atoms with van der Waals surface area (Å²) in [6, 6.07) is 7.92. The molecule has 0 saturated carbocycles. The summed E-state index contributed by atoms with van der Waals surface area (Å²) in [7, 11) is 3.15. The lowest BCUT2D eigenvalue weighted by atomic mass is 9.90. The highest BCUT2D eigenvalue weighted by Crippen LogP contribution is 2.35. The fraction of sp³-hybridized carbons (Fsp3) is 0.381. The van der Waals surface area contributed by atoms with E-state index < -0.39 is 0 Å². The molecule has 0 atom stereocenters. The molecule has 0 unspecified atom stereocenters. The van der Waals surface area contributed by atoms with E-state index >= 15 is 0 Å². The number of phenols is 2. The Labute approximate surface area is 159 Å². The molecule has 0 bridgehead atoms. The van der Waals surface area contributed by atoms with Crippen molar-refractivity contribution >= 4 is 5.78 Å². The lowest BCUT2D eigenvalue weighted by Crippen LogP contribution is -2.12. The summed E-state index contributed by atoms with van der Waals surface area (Å²) in [5, 5.41) is 20.6. The minimum Gasteiger partial charge on any atom is -0.508 e. The Morgan fingerprint density at radius 2 is 1.67 bits per heavy atom. The number of methoxy groups -OCH3 is 2. The molecule has 0 aromatic heterocycles. The number of carbonyl (C=O) groups is 1. The predicted octanol–water partition coefficient (Wildman–Crippen LogP) is 3.11. The van der Waals surface area contributed by atoms with Crippen LogP contribution in [0.3, 0.4) is 0 Å². The van der Waals surface area contributed by atoms with Gasteiger partial charge in [0.1, 0.15) is 17.2 Å². The van der Waals surface area contributed by atoms with Crippen molar-refractivity contribution in [1.29, 1.82) is 0 Å². The highest BCUT2D eigenvalue weighted by atomic mass is 16.5. The summed E-state index contributed by atoms with van der Waals surface area (Å²) >= 11 is 0. The zero-order chi connectivity index (χ0) is 19.8. The van der Waals surface area contributed by atoms with Crippen LogP contribution in [0, 0.1) is 0 Å². The largest absolute Gasteiger partial charge is 0.508 e. The van der Waals surface area contributed by atoms with Crippen molar-refractivity contribution in [2.75, 3.05) is 34.0 Å². The summed E-state index contributed by atoms with van der Waals surface area (Å²) in [5.74, 6) is 0.0739. The van der Waals surface area contributed by atoms with Gasteiger partial charge in [-0.05, 0) is 48.2 Å². The molecule has 146 valence electrons. The van der Waals surface area contributed by atoms with Crippen LogP contribution in [0.4, 0.5) is 0 Å². The molecule has 0 heterocycles. The third-order valence-electron chi connectivity index (χ3n) is 4.37. The monoisotopic (exact) mass is 374 g/mol. The van der Waals surface area contributed by atoms with Gasteiger partial charge in [0.25, 0.3) is 0 Å². The molecule has 0 aliphatic carbocycles. The number of hydrogen-bond acceptors (Lipinski definition) is 6. The van der Waals surface area contributed by atoms with Crippen LogP contribution in [0.2, 0.25) is 0 Å². The molecule has 0 aliphatic rings. The molecular formula is C21H26O6. The van der Waals surface area contributed by atoms with E-state index in [1.165, 1.54) is 6.07 Å². The van der Waals surface area contributed by atoms with Crippen molar-refractivity contribution in [1.82, 2.24) is 0 Å². The molecule has 0 amide bonds. The van der Waals surface area contributed by atoms with Crippen LogP contribution in [0.1, 0.15) is 34.0 Å². The Bertz CT molecular complexity index is 767. The fourth-order valence-electron chi connectivity index (χ4n) is 2.98. The van der Waals surface area contributed by atoms with E-state index in [4.69, 9.17) is 14.2 Å². The fourth-order valence-corrected chi connectivity index (χ4v) is 2.98. The number of benzene rings is 2. The Hall–Kier alpha value is -2.57. The van der Waals surface area contributed by atoms with E-state index in [0.717, 1.165) is 0 Å². The Kier molecular flexibility index (Phi) is 7.64. The zero-order valence-corrected chi connectivity index (χ0v) is 15.9. The van der Waals surface area contributed by atoms with Gasteiger partial charge in [0.05, 0.1) is 32.5 Å². The molecule has 0 aliphatic heterocycles. The lowest BCUT2D eigenvalue weighted by molar-refractivity contribution is 0.0720. The second-order valence-corrected chi connectivity index (χ2v) is 6.01. The maximum Gasteiger partial charge on any atom is 0.197 e. The first-order chi connectivity index (χ1) is 13.0. The molecule has 2 rings (SSSR count). The van der Waals surface area contributed by atoms with Crippen LogP contribution in [0.5, 0.6) is 17.2 Å². The number of rotatable bonds is 10. The molecule has 2 N–H and O–H groups in total. The number of ether oxygens (including phenoxy) is 3. The van der Waals surface area contributed by atoms with Gasteiger partial charge in [-0.25, -0.2) is 0 Å². The molecule has 27 heavy (non-hydrogen) atoms. The van der Waals surface area contributed by atoms with Gasteiger partial charge in [-0.2, -0.15) is 0 Å². The molecule has 0 fully saturated rings. The van der Waals surface area contributed by atoms with Crippen LogP contribution >= 0.6 is 0 Å². The van der Waals surface area contributed by atoms with Crippen molar-refractivity contribution in [3.63, 3.8) is 0 Å². The summed E-state index contributed by atoms with van der Waals surface area (Å²) in [4.78, 5) is 13.1. The first-order valence-corrected chi connectivity index (χ1v) is 8.85. The molecule has 6 heteroatoms. The number of hydrogen-bond donors (Lipinski definition) is 2. The Balaban J connectivity index is 2.38. The number of phenolic OH excluding ortho intramolecular Hbond substituents is 2. The molecule has 2 aromatic carbocycles. The van der Waals surface area contributed by atoms with Crippen molar-refractivity contribution in [3.8, 4) is 17.2 Å². The maximum absolute atomic E-state index is 13.1. The lowest BCUT2D eigenvalue weighted by Gasteiger charge is -2.17. The SMILES string of the molecule is CCc1c(O)cc(O)c(C(=O)c2ccc(OC)cc2)c1CCOCCOC. The van der Waals surface area contributed by atoms with Gasteiger partial charge in [-0.15, -0.1) is 0 Å². The quantitative estimate of drug-likeness (QED) is 0.491. The van der Waals surface area contributed by atoms with Gasteiger partial charge in [0.15, 0.2) is 5.78 Å².